The molecule has 4 aromatic carbocycles. The van der Waals surface area contributed by atoms with Crippen molar-refractivity contribution < 1.29 is 4.74 Å². The summed E-state index contributed by atoms with van der Waals surface area (Å²) < 4.78 is 5.87. The van der Waals surface area contributed by atoms with E-state index in [1.807, 2.05) is 24.3 Å². The van der Waals surface area contributed by atoms with Crippen LogP contribution in [0.15, 0.2) is 109 Å². The van der Waals surface area contributed by atoms with E-state index in [9.17, 15) is 0 Å². The Morgan fingerprint density at radius 2 is 0.889 bits per heavy atom. The Bertz CT molecular complexity index is 973. The van der Waals surface area contributed by atoms with Gasteiger partial charge in [0.05, 0.1) is 13.2 Å². The lowest BCUT2D eigenvalue weighted by atomic mass is 9.99. The first-order valence-electron chi connectivity index (χ1n) is 9.25. The highest BCUT2D eigenvalue weighted by atomic mass is 16.5. The third-order valence-corrected chi connectivity index (χ3v) is 4.63. The smallest absolute Gasteiger partial charge is 0.0721 e. The van der Waals surface area contributed by atoms with E-state index in [0.29, 0.717) is 13.2 Å². The van der Waals surface area contributed by atoms with Gasteiger partial charge in [-0.1, -0.05) is 103 Å². The minimum atomic E-state index is 0.616. The number of benzene rings is 4. The monoisotopic (exact) mass is 350 g/mol. The second kappa shape index (κ2) is 8.48. The second-order valence-electron chi connectivity index (χ2n) is 6.62. The summed E-state index contributed by atoms with van der Waals surface area (Å²) in [5.41, 5.74) is 7.31. The Kier molecular flexibility index (Phi) is 5.42. The highest BCUT2D eigenvalue weighted by Gasteiger charge is 2.02. The lowest BCUT2D eigenvalue weighted by Crippen LogP contribution is -1.94. The van der Waals surface area contributed by atoms with Crippen LogP contribution in [0, 0.1) is 0 Å². The van der Waals surface area contributed by atoms with Crippen LogP contribution < -0.4 is 0 Å². The van der Waals surface area contributed by atoms with E-state index in [1.54, 1.807) is 0 Å². The van der Waals surface area contributed by atoms with Gasteiger partial charge in [-0.15, -0.1) is 0 Å². The molecule has 0 aliphatic rings. The molecule has 0 saturated heterocycles. The molecule has 27 heavy (non-hydrogen) atoms. The van der Waals surface area contributed by atoms with Crippen LogP contribution >= 0.6 is 0 Å². The SMILES string of the molecule is c1ccc(COCc2cccc(-c3ccc(-c4ccccc4)cc3)c2)cc1. The molecule has 1 nitrogen and oxygen atoms in total. The van der Waals surface area contributed by atoms with Gasteiger partial charge in [0.15, 0.2) is 0 Å². The molecule has 0 spiro atoms. The van der Waals surface area contributed by atoms with E-state index in [4.69, 9.17) is 4.74 Å². The molecule has 0 aliphatic heterocycles. The molecule has 0 bridgehead atoms. The van der Waals surface area contributed by atoms with Crippen LogP contribution in [0.1, 0.15) is 11.1 Å². The second-order valence-corrected chi connectivity index (χ2v) is 6.62. The van der Waals surface area contributed by atoms with Crippen LogP contribution in [0.3, 0.4) is 0 Å². The van der Waals surface area contributed by atoms with Gasteiger partial charge in [0.1, 0.15) is 0 Å². The van der Waals surface area contributed by atoms with E-state index in [-0.39, 0.29) is 0 Å². The molecule has 0 radical (unpaired) electrons. The Balaban J connectivity index is 1.44. The maximum absolute atomic E-state index is 5.87. The van der Waals surface area contributed by atoms with Gasteiger partial charge in [-0.3, -0.25) is 0 Å². The fourth-order valence-corrected chi connectivity index (χ4v) is 3.19. The van der Waals surface area contributed by atoms with E-state index >= 15 is 0 Å². The maximum Gasteiger partial charge on any atom is 0.0721 e. The fraction of sp³-hybridized carbons (Fsp3) is 0.0769. The summed E-state index contributed by atoms with van der Waals surface area (Å²) in [5, 5.41) is 0. The molecule has 0 N–H and O–H groups in total. The van der Waals surface area contributed by atoms with Gasteiger partial charge in [0.25, 0.3) is 0 Å². The zero-order valence-corrected chi connectivity index (χ0v) is 15.2. The molecule has 0 aromatic heterocycles. The Morgan fingerprint density at radius 1 is 0.407 bits per heavy atom. The van der Waals surface area contributed by atoms with Gasteiger partial charge in [-0.25, -0.2) is 0 Å². The van der Waals surface area contributed by atoms with Crippen LogP contribution in [0.4, 0.5) is 0 Å². The van der Waals surface area contributed by atoms with Crippen molar-refractivity contribution in [1.29, 1.82) is 0 Å². The molecule has 0 amide bonds. The summed E-state index contributed by atoms with van der Waals surface area (Å²) in [6, 6.07) is 38.1. The third-order valence-electron chi connectivity index (χ3n) is 4.63. The highest BCUT2D eigenvalue weighted by molar-refractivity contribution is 5.70. The van der Waals surface area contributed by atoms with Crippen molar-refractivity contribution in [3.63, 3.8) is 0 Å². The lowest BCUT2D eigenvalue weighted by molar-refractivity contribution is 0.107. The Morgan fingerprint density at radius 3 is 1.59 bits per heavy atom. The summed E-state index contributed by atoms with van der Waals surface area (Å²) in [4.78, 5) is 0. The first kappa shape index (κ1) is 17.3. The quantitative estimate of drug-likeness (QED) is 0.374. The molecular formula is C26H22O. The highest BCUT2D eigenvalue weighted by Crippen LogP contribution is 2.25. The zero-order chi connectivity index (χ0) is 18.3. The van der Waals surface area contributed by atoms with Crippen molar-refractivity contribution in [1.82, 2.24) is 0 Å². The molecule has 132 valence electrons. The predicted octanol–water partition coefficient (Wildman–Crippen LogP) is 6.74. The molecule has 0 atom stereocenters. The van der Waals surface area contributed by atoms with Crippen LogP contribution in [0.5, 0.6) is 0 Å². The molecule has 0 fully saturated rings. The topological polar surface area (TPSA) is 9.23 Å². The number of rotatable bonds is 6. The van der Waals surface area contributed by atoms with Crippen molar-refractivity contribution in [3.05, 3.63) is 120 Å². The van der Waals surface area contributed by atoms with Crippen LogP contribution in [0.25, 0.3) is 22.3 Å². The van der Waals surface area contributed by atoms with E-state index in [0.717, 1.165) is 0 Å². The summed E-state index contributed by atoms with van der Waals surface area (Å²) >= 11 is 0. The van der Waals surface area contributed by atoms with Gasteiger partial charge >= 0.3 is 0 Å². The minimum absolute atomic E-state index is 0.616. The molecule has 4 rings (SSSR count). The van der Waals surface area contributed by atoms with Gasteiger partial charge in [-0.05, 0) is 39.4 Å². The summed E-state index contributed by atoms with van der Waals surface area (Å²) in [6.45, 7) is 1.25. The van der Waals surface area contributed by atoms with Crippen LogP contribution in [-0.2, 0) is 18.0 Å². The number of hydrogen-bond acceptors (Lipinski definition) is 1. The molecule has 1 heteroatoms. The first-order valence-corrected chi connectivity index (χ1v) is 9.25. The maximum atomic E-state index is 5.87. The summed E-state index contributed by atoms with van der Waals surface area (Å²) in [7, 11) is 0. The molecular weight excluding hydrogens is 328 g/mol. The van der Waals surface area contributed by atoms with Gasteiger partial charge in [0, 0.05) is 0 Å². The van der Waals surface area contributed by atoms with Crippen molar-refractivity contribution in [2.45, 2.75) is 13.2 Å². The molecule has 0 heterocycles. The van der Waals surface area contributed by atoms with Gasteiger partial charge in [-0.2, -0.15) is 0 Å². The normalized spacial score (nSPS) is 10.7. The number of hydrogen-bond donors (Lipinski definition) is 0. The summed E-state index contributed by atoms with van der Waals surface area (Å²) in [5.74, 6) is 0. The van der Waals surface area contributed by atoms with Gasteiger partial charge < -0.3 is 4.74 Å². The molecule has 0 saturated carbocycles. The minimum Gasteiger partial charge on any atom is -0.372 e. The third kappa shape index (κ3) is 4.52. The predicted molar refractivity (Wildman–Crippen MR) is 112 cm³/mol. The van der Waals surface area contributed by atoms with E-state index < -0.39 is 0 Å². The Labute approximate surface area is 160 Å². The van der Waals surface area contributed by atoms with Crippen molar-refractivity contribution in [2.75, 3.05) is 0 Å². The van der Waals surface area contributed by atoms with E-state index in [2.05, 4.69) is 84.9 Å². The average molecular weight is 350 g/mol. The van der Waals surface area contributed by atoms with Crippen LogP contribution in [0.2, 0.25) is 0 Å². The number of ether oxygens (including phenoxy) is 1. The van der Waals surface area contributed by atoms with Crippen molar-refractivity contribution in [2.24, 2.45) is 0 Å². The standard InChI is InChI=1S/C26H22O/c1-3-8-21(9-4-1)19-27-20-22-10-7-13-26(18-22)25-16-14-24(15-17-25)23-11-5-2-6-12-23/h1-18H,19-20H2. The fourth-order valence-electron chi connectivity index (χ4n) is 3.19. The molecule has 0 unspecified atom stereocenters. The Hall–Kier alpha value is -3.16. The molecule has 0 aliphatic carbocycles. The van der Waals surface area contributed by atoms with Crippen molar-refractivity contribution in [3.8, 4) is 22.3 Å². The summed E-state index contributed by atoms with van der Waals surface area (Å²) in [6.07, 6.45) is 0. The van der Waals surface area contributed by atoms with Crippen molar-refractivity contribution >= 4 is 0 Å². The average Bonchev–Trinajstić information content (AvgIpc) is 2.76. The van der Waals surface area contributed by atoms with Gasteiger partial charge in [0.2, 0.25) is 0 Å². The first-order chi connectivity index (χ1) is 13.4. The largest absolute Gasteiger partial charge is 0.372 e. The molecule has 4 aromatic rings. The van der Waals surface area contributed by atoms with Crippen LogP contribution in [-0.4, -0.2) is 0 Å². The zero-order valence-electron chi connectivity index (χ0n) is 15.2. The van der Waals surface area contributed by atoms with E-state index in [1.165, 1.54) is 33.4 Å². The lowest BCUT2D eigenvalue weighted by Gasteiger charge is -2.08.